The van der Waals surface area contributed by atoms with Crippen LogP contribution in [0.5, 0.6) is 5.75 Å². The Hall–Kier alpha value is -1.60. The average molecular weight is 457 g/mol. The van der Waals surface area contributed by atoms with E-state index in [4.69, 9.17) is 4.74 Å². The van der Waals surface area contributed by atoms with E-state index in [2.05, 4.69) is 38.8 Å². The summed E-state index contributed by atoms with van der Waals surface area (Å²) in [6.45, 7) is 3.59. The minimum atomic E-state index is 0.300. The second kappa shape index (κ2) is 11.3. The van der Waals surface area contributed by atoms with Crippen molar-refractivity contribution >= 4 is 34.0 Å². The number of hydrogen-bond acceptors (Lipinski definition) is 6. The van der Waals surface area contributed by atoms with E-state index in [0.29, 0.717) is 18.4 Å². The summed E-state index contributed by atoms with van der Waals surface area (Å²) in [5.41, 5.74) is 2.37. The van der Waals surface area contributed by atoms with Crippen molar-refractivity contribution in [3.8, 4) is 5.75 Å². The van der Waals surface area contributed by atoms with Gasteiger partial charge in [0.05, 0.1) is 12.6 Å². The molecule has 31 heavy (non-hydrogen) atoms. The van der Waals surface area contributed by atoms with Gasteiger partial charge in [0.25, 0.3) is 0 Å². The topological polar surface area (TPSA) is 45.6 Å². The Morgan fingerprint density at radius 2 is 2.19 bits per heavy atom. The quantitative estimate of drug-likeness (QED) is 0.417. The van der Waals surface area contributed by atoms with Gasteiger partial charge in [0.1, 0.15) is 5.75 Å². The van der Waals surface area contributed by atoms with Crippen molar-refractivity contribution < 1.29 is 9.84 Å². The van der Waals surface area contributed by atoms with Crippen molar-refractivity contribution in [2.75, 3.05) is 39.1 Å². The number of pyridine rings is 1. The Labute approximate surface area is 193 Å². The van der Waals surface area contributed by atoms with E-state index in [1.807, 2.05) is 30.1 Å². The molecule has 0 amide bonds. The lowest BCUT2D eigenvalue weighted by molar-refractivity contribution is 0.0710. The number of rotatable bonds is 10. The summed E-state index contributed by atoms with van der Waals surface area (Å²) in [4.78, 5) is 8.41. The number of thiophene rings is 1. The highest BCUT2D eigenvalue weighted by atomic mass is 32.2. The van der Waals surface area contributed by atoms with E-state index >= 15 is 0 Å². The van der Waals surface area contributed by atoms with Crippen LogP contribution in [0.15, 0.2) is 52.2 Å². The molecule has 2 atom stereocenters. The third-order valence-corrected chi connectivity index (χ3v) is 8.25. The number of thioether (sulfide) groups is 1. The van der Waals surface area contributed by atoms with E-state index in [-0.39, 0.29) is 0 Å². The molecule has 1 fully saturated rings. The van der Waals surface area contributed by atoms with Gasteiger partial charge < -0.3 is 14.7 Å². The van der Waals surface area contributed by atoms with Gasteiger partial charge in [-0.1, -0.05) is 0 Å². The molecule has 1 saturated heterocycles. The van der Waals surface area contributed by atoms with Gasteiger partial charge in [-0.3, -0.25) is 4.98 Å². The van der Waals surface area contributed by atoms with Crippen LogP contribution in [0.1, 0.15) is 24.8 Å². The number of piperidine rings is 1. The predicted octanol–water partition coefficient (Wildman–Crippen LogP) is 5.35. The molecule has 1 aliphatic rings. The molecule has 3 heterocycles. The molecule has 4 nitrogen and oxygen atoms in total. The summed E-state index contributed by atoms with van der Waals surface area (Å²) in [5.74, 6) is 3.02. The molecular weight excluding hydrogens is 424 g/mol. The molecule has 0 unspecified atom stereocenters. The standard InChI is InChI=1S/C25H32N2O2S2/c1-29-22-5-6-25-24(15-22)20(7-10-26-25)4-2-3-19-8-11-27(16-21(19)17-28)12-14-31-23-9-13-30-18-23/h5-7,9-10,13,15,18-19,21,28H,2-4,8,11-12,14,16-17H2,1H3/t19-,21-/m1/s1. The fraction of sp³-hybridized carbons (Fsp3) is 0.480. The number of aromatic nitrogens is 1. The monoisotopic (exact) mass is 456 g/mol. The zero-order valence-corrected chi connectivity index (χ0v) is 19.8. The average Bonchev–Trinajstić information content (AvgIpc) is 3.33. The van der Waals surface area contributed by atoms with Crippen LogP contribution in [0.3, 0.4) is 0 Å². The van der Waals surface area contributed by atoms with Gasteiger partial charge in [0, 0.05) is 47.3 Å². The summed E-state index contributed by atoms with van der Waals surface area (Å²) in [6.07, 6.45) is 6.47. The smallest absolute Gasteiger partial charge is 0.119 e. The van der Waals surface area contributed by atoms with Crippen molar-refractivity contribution in [2.45, 2.75) is 30.6 Å². The summed E-state index contributed by atoms with van der Waals surface area (Å²) in [6, 6.07) is 10.4. The number of hydrogen-bond donors (Lipinski definition) is 1. The zero-order chi connectivity index (χ0) is 21.5. The van der Waals surface area contributed by atoms with Gasteiger partial charge in [-0.2, -0.15) is 11.3 Å². The van der Waals surface area contributed by atoms with Crippen LogP contribution in [0.25, 0.3) is 10.9 Å². The third-order valence-electron chi connectivity index (χ3n) is 6.44. The van der Waals surface area contributed by atoms with Crippen LogP contribution in [-0.2, 0) is 6.42 Å². The van der Waals surface area contributed by atoms with Crippen molar-refractivity contribution in [3.05, 3.63) is 52.9 Å². The SMILES string of the molecule is COc1ccc2nccc(CCC[C@@H]3CCN(CCSc4ccsc4)C[C@@H]3CO)c2c1. The minimum absolute atomic E-state index is 0.300. The van der Waals surface area contributed by atoms with E-state index in [1.165, 1.54) is 28.7 Å². The molecule has 0 spiro atoms. The van der Waals surface area contributed by atoms with Gasteiger partial charge >= 0.3 is 0 Å². The maximum Gasteiger partial charge on any atom is 0.119 e. The molecule has 0 radical (unpaired) electrons. The van der Waals surface area contributed by atoms with Crippen LogP contribution >= 0.6 is 23.1 Å². The summed E-state index contributed by atoms with van der Waals surface area (Å²) < 4.78 is 5.40. The number of likely N-dealkylation sites (tertiary alicyclic amines) is 1. The Bertz CT molecular complexity index is 948. The lowest BCUT2D eigenvalue weighted by atomic mass is 9.82. The van der Waals surface area contributed by atoms with Crippen LogP contribution in [0.4, 0.5) is 0 Å². The van der Waals surface area contributed by atoms with Gasteiger partial charge in [-0.05, 0) is 85.3 Å². The Kier molecular flexibility index (Phi) is 8.25. The van der Waals surface area contributed by atoms with E-state index in [9.17, 15) is 5.11 Å². The van der Waals surface area contributed by atoms with Crippen LogP contribution in [0, 0.1) is 11.8 Å². The second-order valence-electron chi connectivity index (χ2n) is 8.34. The molecular formula is C25H32N2O2S2. The first kappa shape index (κ1) is 22.6. The van der Waals surface area contributed by atoms with Crippen LogP contribution in [0.2, 0.25) is 0 Å². The van der Waals surface area contributed by atoms with Crippen LogP contribution < -0.4 is 4.74 Å². The lowest BCUT2D eigenvalue weighted by Crippen LogP contribution is -2.42. The normalized spacial score (nSPS) is 19.7. The van der Waals surface area contributed by atoms with Crippen molar-refractivity contribution in [2.24, 2.45) is 11.8 Å². The molecule has 3 aromatic rings. The number of aryl methyl sites for hydroxylation is 1. The largest absolute Gasteiger partial charge is 0.497 e. The molecule has 2 aromatic heterocycles. The zero-order valence-electron chi connectivity index (χ0n) is 18.2. The minimum Gasteiger partial charge on any atom is -0.497 e. The molecule has 1 aliphatic heterocycles. The molecule has 6 heteroatoms. The van der Waals surface area contributed by atoms with Gasteiger partial charge in [0.15, 0.2) is 0 Å². The highest BCUT2D eigenvalue weighted by Crippen LogP contribution is 2.30. The molecule has 1 N–H and O–H groups in total. The van der Waals surface area contributed by atoms with E-state index in [0.717, 1.165) is 49.5 Å². The van der Waals surface area contributed by atoms with Gasteiger partial charge in [-0.15, -0.1) is 11.8 Å². The number of fused-ring (bicyclic) bond motifs is 1. The molecule has 0 saturated carbocycles. The van der Waals surface area contributed by atoms with Crippen LogP contribution in [-0.4, -0.2) is 54.1 Å². The highest BCUT2D eigenvalue weighted by molar-refractivity contribution is 7.99. The highest BCUT2D eigenvalue weighted by Gasteiger charge is 2.28. The Morgan fingerprint density at radius 3 is 3.00 bits per heavy atom. The Morgan fingerprint density at radius 1 is 1.26 bits per heavy atom. The first-order valence-corrected chi connectivity index (χ1v) is 13.1. The molecule has 4 rings (SSSR count). The number of ether oxygens (including phenoxy) is 1. The number of aliphatic hydroxyl groups excluding tert-OH is 1. The first-order valence-electron chi connectivity index (χ1n) is 11.2. The molecule has 0 aliphatic carbocycles. The summed E-state index contributed by atoms with van der Waals surface area (Å²) in [5, 5.41) is 15.6. The number of nitrogens with zero attached hydrogens (tertiary/aromatic N) is 2. The number of methoxy groups -OCH3 is 1. The fourth-order valence-electron chi connectivity index (χ4n) is 4.65. The summed E-state index contributed by atoms with van der Waals surface area (Å²) in [7, 11) is 1.71. The fourth-order valence-corrected chi connectivity index (χ4v) is 6.45. The Balaban J connectivity index is 1.26. The van der Waals surface area contributed by atoms with Crippen molar-refractivity contribution in [1.29, 1.82) is 0 Å². The molecule has 166 valence electrons. The van der Waals surface area contributed by atoms with Gasteiger partial charge in [-0.25, -0.2) is 0 Å². The van der Waals surface area contributed by atoms with E-state index < -0.39 is 0 Å². The lowest BCUT2D eigenvalue weighted by Gasteiger charge is -2.38. The second-order valence-corrected chi connectivity index (χ2v) is 10.3. The van der Waals surface area contributed by atoms with Crippen molar-refractivity contribution in [3.63, 3.8) is 0 Å². The maximum atomic E-state index is 10.0. The maximum absolute atomic E-state index is 10.0. The van der Waals surface area contributed by atoms with E-state index in [1.54, 1.807) is 18.4 Å². The third kappa shape index (κ3) is 6.01. The first-order chi connectivity index (χ1) is 15.3. The van der Waals surface area contributed by atoms with Gasteiger partial charge in [0.2, 0.25) is 0 Å². The number of aliphatic hydroxyl groups is 1. The molecule has 1 aromatic carbocycles. The summed E-state index contributed by atoms with van der Waals surface area (Å²) >= 11 is 3.70. The predicted molar refractivity (Wildman–Crippen MR) is 131 cm³/mol. The number of benzene rings is 1. The van der Waals surface area contributed by atoms with Crippen molar-refractivity contribution in [1.82, 2.24) is 9.88 Å². The molecule has 0 bridgehead atoms.